The summed E-state index contributed by atoms with van der Waals surface area (Å²) in [6.45, 7) is 6.19. The highest BCUT2D eigenvalue weighted by Gasteiger charge is 2.10. The number of rotatable bonds is 5. The summed E-state index contributed by atoms with van der Waals surface area (Å²) in [4.78, 5) is 11.9. The van der Waals surface area contributed by atoms with E-state index in [1.54, 1.807) is 6.26 Å². The van der Waals surface area contributed by atoms with Crippen molar-refractivity contribution < 1.29 is 9.21 Å². The van der Waals surface area contributed by atoms with Gasteiger partial charge in [-0.3, -0.25) is 10.1 Å². The lowest BCUT2D eigenvalue weighted by molar-refractivity contribution is -0.115. The van der Waals surface area contributed by atoms with E-state index in [0.717, 1.165) is 22.6 Å². The number of hydrogen-bond donors (Lipinski definition) is 2. The number of amides is 1. The predicted octanol–water partition coefficient (Wildman–Crippen LogP) is 3.19. The summed E-state index contributed by atoms with van der Waals surface area (Å²) in [5.41, 5.74) is 3.05. The molecule has 1 aromatic heterocycles. The largest absolute Gasteiger partial charge is 0.468 e. The van der Waals surface area contributed by atoms with Crippen LogP contribution in [0.4, 0.5) is 5.69 Å². The number of nitrogens with one attached hydrogen (secondary N) is 2. The molecule has 1 heterocycles. The van der Waals surface area contributed by atoms with Crippen LogP contribution in [0, 0.1) is 13.8 Å². The maximum absolute atomic E-state index is 11.9. The van der Waals surface area contributed by atoms with E-state index in [2.05, 4.69) is 10.6 Å². The molecule has 0 aliphatic rings. The van der Waals surface area contributed by atoms with Gasteiger partial charge in [0.2, 0.25) is 5.91 Å². The second-order valence-electron chi connectivity index (χ2n) is 4.98. The fraction of sp³-hybridized carbons (Fsp3) is 0.312. The molecule has 1 amide bonds. The van der Waals surface area contributed by atoms with E-state index >= 15 is 0 Å². The van der Waals surface area contributed by atoms with Gasteiger partial charge in [0.1, 0.15) is 5.76 Å². The lowest BCUT2D eigenvalue weighted by Crippen LogP contribution is -2.30. The third-order valence-electron chi connectivity index (χ3n) is 3.21. The Bertz CT molecular complexity index is 576. The zero-order valence-corrected chi connectivity index (χ0v) is 12.1. The van der Waals surface area contributed by atoms with Crippen LogP contribution in [0.2, 0.25) is 0 Å². The first-order valence-electron chi connectivity index (χ1n) is 6.70. The highest BCUT2D eigenvalue weighted by atomic mass is 16.3. The molecule has 0 saturated carbocycles. The second kappa shape index (κ2) is 6.39. The van der Waals surface area contributed by atoms with Gasteiger partial charge in [-0.15, -0.1) is 0 Å². The highest BCUT2D eigenvalue weighted by Crippen LogP contribution is 2.16. The number of carbonyl (C=O) groups excluding carboxylic acids is 1. The lowest BCUT2D eigenvalue weighted by atomic mass is 10.1. The minimum Gasteiger partial charge on any atom is -0.468 e. The van der Waals surface area contributed by atoms with Gasteiger partial charge in [0.15, 0.2) is 0 Å². The predicted molar refractivity (Wildman–Crippen MR) is 79.7 cm³/mol. The standard InChI is InChI=1S/C16H20N2O2/c1-11-6-7-12(2)14(9-11)18-16(19)10-17-13(3)15-5-4-8-20-15/h4-9,13,17H,10H2,1-3H3,(H,18,19)/t13-/m0/s1. The van der Waals surface area contributed by atoms with E-state index in [-0.39, 0.29) is 18.5 Å². The molecule has 0 aliphatic heterocycles. The number of anilines is 1. The van der Waals surface area contributed by atoms with Crippen LogP contribution in [-0.2, 0) is 4.79 Å². The number of hydrogen-bond acceptors (Lipinski definition) is 3. The SMILES string of the molecule is Cc1ccc(C)c(NC(=O)CN[C@@H](C)c2ccco2)c1. The van der Waals surface area contributed by atoms with Gasteiger partial charge in [0, 0.05) is 5.69 Å². The van der Waals surface area contributed by atoms with Gasteiger partial charge < -0.3 is 9.73 Å². The van der Waals surface area contributed by atoms with Crippen molar-refractivity contribution in [3.05, 3.63) is 53.5 Å². The molecule has 0 aliphatic carbocycles. The van der Waals surface area contributed by atoms with Crippen LogP contribution < -0.4 is 10.6 Å². The summed E-state index contributed by atoms with van der Waals surface area (Å²) in [6, 6.07) is 9.74. The molecule has 0 bridgehead atoms. The molecule has 4 nitrogen and oxygen atoms in total. The summed E-state index contributed by atoms with van der Waals surface area (Å²) in [7, 11) is 0. The van der Waals surface area contributed by atoms with Gasteiger partial charge in [-0.2, -0.15) is 0 Å². The zero-order chi connectivity index (χ0) is 14.5. The minimum absolute atomic E-state index is 0.00866. The Morgan fingerprint density at radius 3 is 2.80 bits per heavy atom. The first-order chi connectivity index (χ1) is 9.56. The molecule has 0 saturated heterocycles. The van der Waals surface area contributed by atoms with Gasteiger partial charge >= 0.3 is 0 Å². The van der Waals surface area contributed by atoms with Crippen LogP contribution >= 0.6 is 0 Å². The third-order valence-corrected chi connectivity index (χ3v) is 3.21. The molecule has 2 rings (SSSR count). The maximum atomic E-state index is 11.9. The molecule has 20 heavy (non-hydrogen) atoms. The van der Waals surface area contributed by atoms with Gasteiger partial charge in [-0.1, -0.05) is 12.1 Å². The Balaban J connectivity index is 1.88. The van der Waals surface area contributed by atoms with Crippen LogP contribution in [0.25, 0.3) is 0 Å². The second-order valence-corrected chi connectivity index (χ2v) is 4.98. The molecular formula is C16H20N2O2. The number of benzene rings is 1. The van der Waals surface area contributed by atoms with E-state index in [0.29, 0.717) is 0 Å². The van der Waals surface area contributed by atoms with Crippen molar-refractivity contribution in [2.45, 2.75) is 26.8 Å². The summed E-state index contributed by atoms with van der Waals surface area (Å²) < 4.78 is 5.29. The summed E-state index contributed by atoms with van der Waals surface area (Å²) in [6.07, 6.45) is 1.63. The van der Waals surface area contributed by atoms with Crippen molar-refractivity contribution in [1.29, 1.82) is 0 Å². The monoisotopic (exact) mass is 272 g/mol. The Hall–Kier alpha value is -2.07. The van der Waals surface area contributed by atoms with E-state index in [4.69, 9.17) is 4.42 Å². The molecule has 2 aromatic rings. The van der Waals surface area contributed by atoms with Crippen molar-refractivity contribution >= 4 is 11.6 Å². The Kier molecular flexibility index (Phi) is 4.58. The van der Waals surface area contributed by atoms with Crippen molar-refractivity contribution in [3.63, 3.8) is 0 Å². The number of furan rings is 1. The molecule has 0 spiro atoms. The van der Waals surface area contributed by atoms with Crippen molar-refractivity contribution in [1.82, 2.24) is 5.32 Å². The molecule has 1 aromatic carbocycles. The van der Waals surface area contributed by atoms with Crippen LogP contribution in [0.5, 0.6) is 0 Å². The van der Waals surface area contributed by atoms with Crippen LogP contribution in [0.15, 0.2) is 41.0 Å². The van der Waals surface area contributed by atoms with E-state index < -0.39 is 0 Å². The van der Waals surface area contributed by atoms with Crippen molar-refractivity contribution in [2.75, 3.05) is 11.9 Å². The smallest absolute Gasteiger partial charge is 0.238 e. The Morgan fingerprint density at radius 1 is 1.30 bits per heavy atom. The van der Waals surface area contributed by atoms with Crippen molar-refractivity contribution in [2.24, 2.45) is 0 Å². The average Bonchev–Trinajstić information content (AvgIpc) is 2.94. The topological polar surface area (TPSA) is 54.3 Å². The number of aryl methyl sites for hydroxylation is 2. The van der Waals surface area contributed by atoms with Gasteiger partial charge in [0.05, 0.1) is 18.8 Å². The van der Waals surface area contributed by atoms with Crippen LogP contribution in [-0.4, -0.2) is 12.5 Å². The highest BCUT2D eigenvalue weighted by molar-refractivity contribution is 5.93. The molecule has 2 N–H and O–H groups in total. The molecular weight excluding hydrogens is 252 g/mol. The molecule has 0 unspecified atom stereocenters. The summed E-state index contributed by atoms with van der Waals surface area (Å²) in [5.74, 6) is 0.765. The molecule has 106 valence electrons. The third kappa shape index (κ3) is 3.71. The van der Waals surface area contributed by atoms with E-state index in [1.165, 1.54) is 0 Å². The first-order valence-corrected chi connectivity index (χ1v) is 6.70. The van der Waals surface area contributed by atoms with E-state index in [9.17, 15) is 4.79 Å². The average molecular weight is 272 g/mol. The summed E-state index contributed by atoms with van der Waals surface area (Å²) in [5, 5.41) is 6.05. The normalized spacial score (nSPS) is 12.2. The van der Waals surface area contributed by atoms with Crippen molar-refractivity contribution in [3.8, 4) is 0 Å². The fourth-order valence-electron chi connectivity index (χ4n) is 1.95. The van der Waals surface area contributed by atoms with Gasteiger partial charge in [-0.05, 0) is 50.1 Å². The molecule has 0 radical (unpaired) electrons. The van der Waals surface area contributed by atoms with Crippen LogP contribution in [0.1, 0.15) is 29.9 Å². The quantitative estimate of drug-likeness (QED) is 0.879. The summed E-state index contributed by atoms with van der Waals surface area (Å²) >= 11 is 0. The van der Waals surface area contributed by atoms with Gasteiger partial charge in [0.25, 0.3) is 0 Å². The molecule has 4 heteroatoms. The van der Waals surface area contributed by atoms with Gasteiger partial charge in [-0.25, -0.2) is 0 Å². The zero-order valence-electron chi connectivity index (χ0n) is 12.1. The molecule has 0 fully saturated rings. The fourth-order valence-corrected chi connectivity index (χ4v) is 1.95. The van der Waals surface area contributed by atoms with E-state index in [1.807, 2.05) is 51.1 Å². The number of carbonyl (C=O) groups is 1. The Labute approximate surface area is 119 Å². The molecule has 1 atom stereocenters. The Morgan fingerprint density at radius 2 is 2.10 bits per heavy atom. The van der Waals surface area contributed by atoms with Crippen LogP contribution in [0.3, 0.4) is 0 Å². The minimum atomic E-state index is -0.0582. The maximum Gasteiger partial charge on any atom is 0.238 e. The lowest BCUT2D eigenvalue weighted by Gasteiger charge is -2.13. The first kappa shape index (κ1) is 14.3.